The van der Waals surface area contributed by atoms with Gasteiger partial charge in [-0.15, -0.1) is 0 Å². The van der Waals surface area contributed by atoms with Gasteiger partial charge < -0.3 is 9.47 Å². The second kappa shape index (κ2) is 8.88. The average molecular weight is 394 g/mol. The molecule has 0 spiro atoms. The van der Waals surface area contributed by atoms with Crippen molar-refractivity contribution in [1.29, 1.82) is 0 Å². The predicted octanol–water partition coefficient (Wildman–Crippen LogP) is 5.53. The number of hydrogen-bond donors (Lipinski definition) is 0. The van der Waals surface area contributed by atoms with Crippen LogP contribution in [0.15, 0.2) is 109 Å². The van der Waals surface area contributed by atoms with Gasteiger partial charge in [0.05, 0.1) is 0 Å². The predicted molar refractivity (Wildman–Crippen MR) is 115 cm³/mol. The van der Waals surface area contributed by atoms with Crippen LogP contribution in [0, 0.1) is 0 Å². The maximum absolute atomic E-state index is 12.5. The van der Waals surface area contributed by atoms with Crippen molar-refractivity contribution in [2.45, 2.75) is 0 Å². The van der Waals surface area contributed by atoms with Gasteiger partial charge in [0.2, 0.25) is 0 Å². The molecule has 0 saturated carbocycles. The molecule has 4 heteroatoms. The molecular weight excluding hydrogens is 376 g/mol. The lowest BCUT2D eigenvalue weighted by molar-refractivity contribution is -0.156. The molecule has 4 nitrogen and oxygen atoms in total. The molecule has 0 fully saturated rings. The lowest BCUT2D eigenvalue weighted by atomic mass is 10.0. The van der Waals surface area contributed by atoms with Crippen LogP contribution in [0.5, 0.6) is 11.5 Å². The Hall–Kier alpha value is -4.18. The van der Waals surface area contributed by atoms with Gasteiger partial charge in [-0.2, -0.15) is 0 Å². The molecule has 0 N–H and O–H groups in total. The smallest absolute Gasteiger partial charge is 0.417 e. The number of carbonyl (C=O) groups excluding carboxylic acids is 2. The molecule has 30 heavy (non-hydrogen) atoms. The molecule has 146 valence electrons. The van der Waals surface area contributed by atoms with E-state index in [0.717, 1.165) is 11.1 Å². The summed E-state index contributed by atoms with van der Waals surface area (Å²) in [6.07, 6.45) is 0. The van der Waals surface area contributed by atoms with E-state index in [-0.39, 0.29) is 0 Å². The van der Waals surface area contributed by atoms with E-state index in [0.29, 0.717) is 22.6 Å². The standard InChI is InChI=1S/C26H18O4/c27-25(29-23-17-9-7-15-21(23)19-11-3-1-4-12-19)26(28)30-24-18-10-8-16-22(24)20-13-5-2-6-14-20/h1-18H. The fourth-order valence-corrected chi connectivity index (χ4v) is 3.11. The molecular formula is C26H18O4. The van der Waals surface area contributed by atoms with Gasteiger partial charge in [-0.1, -0.05) is 97.1 Å². The summed E-state index contributed by atoms with van der Waals surface area (Å²) in [5.41, 5.74) is 3.18. The topological polar surface area (TPSA) is 52.6 Å². The van der Waals surface area contributed by atoms with Crippen LogP contribution in [0.3, 0.4) is 0 Å². The minimum atomic E-state index is -1.08. The maximum atomic E-state index is 12.5. The van der Waals surface area contributed by atoms with E-state index in [1.54, 1.807) is 24.3 Å². The average Bonchev–Trinajstić information content (AvgIpc) is 2.81. The maximum Gasteiger partial charge on any atom is 0.423 e. The summed E-state index contributed by atoms with van der Waals surface area (Å²) in [6.45, 7) is 0. The number of hydrogen-bond acceptors (Lipinski definition) is 4. The van der Waals surface area contributed by atoms with Crippen LogP contribution in [0.1, 0.15) is 0 Å². The molecule has 0 bridgehead atoms. The van der Waals surface area contributed by atoms with Crippen molar-refractivity contribution in [3.8, 4) is 33.8 Å². The quantitative estimate of drug-likeness (QED) is 0.259. The molecule has 0 aliphatic heterocycles. The number of ether oxygens (including phenoxy) is 2. The Morgan fingerprint density at radius 2 is 0.767 bits per heavy atom. The highest BCUT2D eigenvalue weighted by molar-refractivity contribution is 6.31. The first kappa shape index (κ1) is 19.2. The highest BCUT2D eigenvalue weighted by atomic mass is 16.6. The normalized spacial score (nSPS) is 10.3. The Morgan fingerprint density at radius 1 is 0.433 bits per heavy atom. The van der Waals surface area contributed by atoms with E-state index in [4.69, 9.17) is 9.47 Å². The highest BCUT2D eigenvalue weighted by Gasteiger charge is 2.22. The Labute approximate surface area is 174 Å². The van der Waals surface area contributed by atoms with Crippen molar-refractivity contribution in [3.63, 3.8) is 0 Å². The van der Waals surface area contributed by atoms with Gasteiger partial charge >= 0.3 is 11.9 Å². The van der Waals surface area contributed by atoms with Gasteiger partial charge in [-0.05, 0) is 23.3 Å². The van der Waals surface area contributed by atoms with Gasteiger partial charge in [-0.25, -0.2) is 9.59 Å². The fraction of sp³-hybridized carbons (Fsp3) is 0. The van der Waals surface area contributed by atoms with Crippen molar-refractivity contribution >= 4 is 11.9 Å². The van der Waals surface area contributed by atoms with Crippen LogP contribution in [0.25, 0.3) is 22.3 Å². The SMILES string of the molecule is O=C(Oc1ccccc1-c1ccccc1)C(=O)Oc1ccccc1-c1ccccc1. The highest BCUT2D eigenvalue weighted by Crippen LogP contribution is 2.31. The lowest BCUT2D eigenvalue weighted by Crippen LogP contribution is -2.25. The first-order valence-corrected chi connectivity index (χ1v) is 9.45. The van der Waals surface area contributed by atoms with Crippen LogP contribution in [-0.2, 0) is 9.59 Å². The van der Waals surface area contributed by atoms with Crippen LogP contribution >= 0.6 is 0 Å². The third-order valence-corrected chi connectivity index (χ3v) is 4.52. The Kier molecular flexibility index (Phi) is 5.67. The summed E-state index contributed by atoms with van der Waals surface area (Å²) in [6, 6.07) is 33.1. The summed E-state index contributed by atoms with van der Waals surface area (Å²) in [4.78, 5) is 24.9. The molecule has 0 saturated heterocycles. The minimum Gasteiger partial charge on any atom is -0.417 e. The van der Waals surface area contributed by atoms with Gasteiger partial charge in [0, 0.05) is 11.1 Å². The first-order valence-electron chi connectivity index (χ1n) is 9.45. The van der Waals surface area contributed by atoms with Crippen molar-refractivity contribution in [1.82, 2.24) is 0 Å². The monoisotopic (exact) mass is 394 g/mol. The summed E-state index contributed by atoms with van der Waals surface area (Å²) < 4.78 is 10.7. The molecule has 0 aliphatic carbocycles. The largest absolute Gasteiger partial charge is 0.423 e. The molecule has 0 amide bonds. The molecule has 4 aromatic rings. The number of para-hydroxylation sites is 2. The summed E-state index contributed by atoms with van der Waals surface area (Å²) in [5.74, 6) is -1.58. The number of benzene rings is 4. The summed E-state index contributed by atoms with van der Waals surface area (Å²) in [5, 5.41) is 0. The molecule has 4 rings (SSSR count). The van der Waals surface area contributed by atoms with E-state index in [1.165, 1.54) is 0 Å². The van der Waals surface area contributed by atoms with Gasteiger partial charge in [0.15, 0.2) is 0 Å². The zero-order chi connectivity index (χ0) is 20.8. The van der Waals surface area contributed by atoms with Crippen molar-refractivity contribution < 1.29 is 19.1 Å². The van der Waals surface area contributed by atoms with Gasteiger partial charge in [-0.3, -0.25) is 0 Å². The van der Waals surface area contributed by atoms with Crippen molar-refractivity contribution in [2.24, 2.45) is 0 Å². The second-order valence-corrected chi connectivity index (χ2v) is 6.50. The number of esters is 2. The fourth-order valence-electron chi connectivity index (χ4n) is 3.11. The van der Waals surface area contributed by atoms with E-state index >= 15 is 0 Å². The lowest BCUT2D eigenvalue weighted by Gasteiger charge is -2.11. The number of rotatable bonds is 4. The van der Waals surface area contributed by atoms with Crippen molar-refractivity contribution in [2.75, 3.05) is 0 Å². The molecule has 0 radical (unpaired) electrons. The van der Waals surface area contributed by atoms with E-state index < -0.39 is 11.9 Å². The Bertz CT molecular complexity index is 1070. The van der Waals surface area contributed by atoms with Crippen molar-refractivity contribution in [3.05, 3.63) is 109 Å². The number of carbonyl (C=O) groups is 2. The third kappa shape index (κ3) is 4.28. The zero-order valence-electron chi connectivity index (χ0n) is 16.0. The summed E-state index contributed by atoms with van der Waals surface area (Å²) in [7, 11) is 0. The van der Waals surface area contributed by atoms with Crippen LogP contribution in [-0.4, -0.2) is 11.9 Å². The Balaban J connectivity index is 1.54. The van der Waals surface area contributed by atoms with Gasteiger partial charge in [0.1, 0.15) is 11.5 Å². The van der Waals surface area contributed by atoms with Crippen LogP contribution < -0.4 is 9.47 Å². The molecule has 4 aromatic carbocycles. The molecule has 0 aromatic heterocycles. The molecule has 0 atom stereocenters. The zero-order valence-corrected chi connectivity index (χ0v) is 16.0. The van der Waals surface area contributed by atoms with Gasteiger partial charge in [0.25, 0.3) is 0 Å². The van der Waals surface area contributed by atoms with E-state index in [1.807, 2.05) is 84.9 Å². The second-order valence-electron chi connectivity index (χ2n) is 6.50. The first-order chi connectivity index (χ1) is 14.7. The third-order valence-electron chi connectivity index (χ3n) is 4.52. The van der Waals surface area contributed by atoms with E-state index in [9.17, 15) is 9.59 Å². The Morgan fingerprint density at radius 3 is 1.17 bits per heavy atom. The molecule has 0 unspecified atom stereocenters. The summed E-state index contributed by atoms with van der Waals surface area (Å²) >= 11 is 0. The van der Waals surface area contributed by atoms with Crippen LogP contribution in [0.4, 0.5) is 0 Å². The van der Waals surface area contributed by atoms with Crippen LogP contribution in [0.2, 0.25) is 0 Å². The van der Waals surface area contributed by atoms with E-state index in [2.05, 4.69) is 0 Å². The minimum absolute atomic E-state index is 0.294. The molecule has 0 aliphatic rings. The molecule has 0 heterocycles.